The Kier molecular flexibility index (Phi) is 2.72. The molecule has 0 spiro atoms. The minimum absolute atomic E-state index is 0.798. The lowest BCUT2D eigenvalue weighted by Crippen LogP contribution is -2.26. The van der Waals surface area contributed by atoms with Gasteiger partial charge in [0.2, 0.25) is 0 Å². The van der Waals surface area contributed by atoms with E-state index in [4.69, 9.17) is 6.42 Å². The fourth-order valence-electron chi connectivity index (χ4n) is 1.60. The molecule has 0 heterocycles. The molecule has 1 aliphatic rings. The zero-order valence-corrected chi connectivity index (χ0v) is 8.33. The summed E-state index contributed by atoms with van der Waals surface area (Å²) < 4.78 is 0. The molecule has 0 atom stereocenters. The van der Waals surface area contributed by atoms with Crippen molar-refractivity contribution in [2.24, 2.45) is 0 Å². The van der Waals surface area contributed by atoms with E-state index in [2.05, 4.69) is 29.9 Å². The molecule has 0 saturated heterocycles. The van der Waals surface area contributed by atoms with Gasteiger partial charge < -0.3 is 0 Å². The molecule has 0 radical (unpaired) electrons. The molecule has 0 heteroatoms. The summed E-state index contributed by atoms with van der Waals surface area (Å²) in [5, 5.41) is 2.27. The topological polar surface area (TPSA) is 0 Å². The quantitative estimate of drug-likeness (QED) is 0.539. The molecule has 0 fully saturated rings. The molecule has 0 aliphatic heterocycles. The molecule has 1 aromatic rings. The fourth-order valence-corrected chi connectivity index (χ4v) is 1.60. The Labute approximate surface area is 89.6 Å². The molecule has 2 rings (SSSR count). The zero-order valence-electron chi connectivity index (χ0n) is 8.33. The van der Waals surface area contributed by atoms with Crippen molar-refractivity contribution in [3.63, 3.8) is 0 Å². The predicted molar refractivity (Wildman–Crippen MR) is 63.9 cm³/mol. The lowest BCUT2D eigenvalue weighted by atomic mass is 10.0. The van der Waals surface area contributed by atoms with Gasteiger partial charge in [0.15, 0.2) is 0 Å². The van der Waals surface area contributed by atoms with Crippen LogP contribution in [0.2, 0.25) is 0 Å². The Balaban J connectivity index is 2.76. The molecule has 0 nitrogen and oxygen atoms in total. The van der Waals surface area contributed by atoms with E-state index in [1.807, 2.05) is 24.3 Å². The van der Waals surface area contributed by atoms with Crippen molar-refractivity contribution in [2.45, 2.75) is 6.42 Å². The second-order valence-electron chi connectivity index (χ2n) is 3.25. The van der Waals surface area contributed by atoms with Crippen LogP contribution in [0.5, 0.6) is 0 Å². The van der Waals surface area contributed by atoms with Crippen LogP contribution in [0, 0.1) is 24.2 Å². The summed E-state index contributed by atoms with van der Waals surface area (Å²) in [6.45, 7) is 0. The van der Waals surface area contributed by atoms with Crippen LogP contribution in [-0.4, -0.2) is 0 Å². The summed E-state index contributed by atoms with van der Waals surface area (Å²) >= 11 is 0. The first-order chi connectivity index (χ1) is 7.42. The van der Waals surface area contributed by atoms with Gasteiger partial charge in [0.1, 0.15) is 0 Å². The monoisotopic (exact) mass is 190 g/mol. The van der Waals surface area contributed by atoms with Gasteiger partial charge in [-0.1, -0.05) is 42.0 Å². The van der Waals surface area contributed by atoms with E-state index in [0.29, 0.717) is 0 Å². The first-order valence-corrected chi connectivity index (χ1v) is 4.81. The van der Waals surface area contributed by atoms with Gasteiger partial charge in [-0.25, -0.2) is 0 Å². The molecular formula is C15H10. The van der Waals surface area contributed by atoms with Crippen LogP contribution in [-0.2, 0) is 0 Å². The van der Waals surface area contributed by atoms with E-state index in [0.717, 1.165) is 11.6 Å². The summed E-state index contributed by atoms with van der Waals surface area (Å²) in [4.78, 5) is 0. The Morgan fingerprint density at radius 2 is 2.20 bits per heavy atom. The second-order valence-corrected chi connectivity index (χ2v) is 3.25. The van der Waals surface area contributed by atoms with Gasteiger partial charge >= 0.3 is 0 Å². The van der Waals surface area contributed by atoms with E-state index < -0.39 is 0 Å². The third-order valence-corrected chi connectivity index (χ3v) is 2.29. The van der Waals surface area contributed by atoms with Crippen molar-refractivity contribution in [1.82, 2.24) is 0 Å². The summed E-state index contributed by atoms with van der Waals surface area (Å²) in [5.74, 6) is 8.56. The van der Waals surface area contributed by atoms with E-state index in [1.165, 1.54) is 10.8 Å². The molecule has 0 unspecified atom stereocenters. The number of hydrogen-bond donors (Lipinski definition) is 0. The van der Waals surface area contributed by atoms with Crippen molar-refractivity contribution >= 4 is 11.6 Å². The lowest BCUT2D eigenvalue weighted by Gasteiger charge is -1.99. The van der Waals surface area contributed by atoms with Crippen molar-refractivity contribution in [3.8, 4) is 24.2 Å². The Hall–Kier alpha value is -2.18. The molecule has 0 saturated carbocycles. The number of rotatable bonds is 0. The molecular weight excluding hydrogens is 180 g/mol. The summed E-state index contributed by atoms with van der Waals surface area (Å²) in [5.41, 5.74) is 1.23. The maximum atomic E-state index is 5.30. The highest BCUT2D eigenvalue weighted by atomic mass is 14.0. The van der Waals surface area contributed by atoms with Crippen LogP contribution in [0.3, 0.4) is 0 Å². The average molecular weight is 190 g/mol. The Bertz CT molecular complexity index is 610. The minimum Gasteiger partial charge on any atom is -0.115 e. The van der Waals surface area contributed by atoms with Crippen molar-refractivity contribution in [3.05, 3.63) is 46.9 Å². The van der Waals surface area contributed by atoms with Gasteiger partial charge in [0.25, 0.3) is 0 Å². The zero-order chi connectivity index (χ0) is 10.5. The van der Waals surface area contributed by atoms with E-state index in [1.54, 1.807) is 6.08 Å². The van der Waals surface area contributed by atoms with Gasteiger partial charge in [-0.15, -0.1) is 6.42 Å². The van der Waals surface area contributed by atoms with Crippen LogP contribution in [0.4, 0.5) is 0 Å². The smallest absolute Gasteiger partial charge is 0.0350 e. The van der Waals surface area contributed by atoms with Crippen molar-refractivity contribution in [2.75, 3.05) is 0 Å². The molecule has 0 aromatic heterocycles. The largest absolute Gasteiger partial charge is 0.115 e. The Morgan fingerprint density at radius 1 is 1.33 bits per heavy atom. The first-order valence-electron chi connectivity index (χ1n) is 4.81. The van der Waals surface area contributed by atoms with Crippen LogP contribution in [0.15, 0.2) is 36.4 Å². The normalized spacial score (nSPS) is 17.9. The van der Waals surface area contributed by atoms with Crippen LogP contribution >= 0.6 is 0 Å². The highest BCUT2D eigenvalue weighted by Gasteiger charge is 1.95. The van der Waals surface area contributed by atoms with Crippen LogP contribution in [0.1, 0.15) is 6.42 Å². The second kappa shape index (κ2) is 4.36. The van der Waals surface area contributed by atoms with Crippen LogP contribution < -0.4 is 10.4 Å². The molecule has 1 aromatic carbocycles. The van der Waals surface area contributed by atoms with E-state index in [-0.39, 0.29) is 0 Å². The predicted octanol–water partition coefficient (Wildman–Crippen LogP) is 1.21. The molecule has 0 N–H and O–H groups in total. The standard InChI is InChI=1S/C15H10/c1-2-8-13-11-6-7-12-15(13)14-9-4-3-5-10-14/h1,4,6-9,11-12H,10H2/b13-8-,15-14-. The highest BCUT2D eigenvalue weighted by molar-refractivity contribution is 5.64. The van der Waals surface area contributed by atoms with Crippen molar-refractivity contribution in [1.29, 1.82) is 0 Å². The van der Waals surface area contributed by atoms with E-state index in [9.17, 15) is 0 Å². The lowest BCUT2D eigenvalue weighted by molar-refractivity contribution is 1.40. The minimum atomic E-state index is 0.798. The summed E-state index contributed by atoms with van der Waals surface area (Å²) in [6.07, 6.45) is 11.8. The van der Waals surface area contributed by atoms with Gasteiger partial charge in [0.05, 0.1) is 0 Å². The van der Waals surface area contributed by atoms with Crippen LogP contribution in [0.25, 0.3) is 11.6 Å². The van der Waals surface area contributed by atoms with E-state index >= 15 is 0 Å². The molecule has 70 valence electrons. The summed E-state index contributed by atoms with van der Waals surface area (Å²) in [7, 11) is 0. The number of benzene rings is 1. The number of terminal acetylenes is 1. The highest BCUT2D eigenvalue weighted by Crippen LogP contribution is 2.03. The fraction of sp³-hybridized carbons (Fsp3) is 0.0667. The average Bonchev–Trinajstić information content (AvgIpc) is 2.31. The van der Waals surface area contributed by atoms with Crippen molar-refractivity contribution < 1.29 is 0 Å². The number of hydrogen-bond acceptors (Lipinski definition) is 0. The summed E-state index contributed by atoms with van der Waals surface area (Å²) in [6, 6.07) is 8.12. The maximum Gasteiger partial charge on any atom is 0.0350 e. The third-order valence-electron chi connectivity index (χ3n) is 2.29. The molecule has 1 aliphatic carbocycles. The first kappa shape index (κ1) is 9.38. The maximum absolute atomic E-state index is 5.30. The van der Waals surface area contributed by atoms with Gasteiger partial charge in [-0.2, -0.15) is 0 Å². The SMILES string of the molecule is C#C/C=c1/cccc/c1=C1\C=CC#CC1. The number of allylic oxidation sites excluding steroid dienone is 2. The Morgan fingerprint density at radius 3 is 2.93 bits per heavy atom. The molecule has 15 heavy (non-hydrogen) atoms. The van der Waals surface area contributed by atoms with Gasteiger partial charge in [-0.05, 0) is 34.2 Å². The third kappa shape index (κ3) is 2.01. The van der Waals surface area contributed by atoms with Gasteiger partial charge in [0, 0.05) is 6.42 Å². The molecule has 0 bridgehead atoms. The van der Waals surface area contributed by atoms with Gasteiger partial charge in [-0.3, -0.25) is 0 Å². The molecule has 0 amide bonds.